The van der Waals surface area contributed by atoms with E-state index >= 15 is 0 Å². The first-order valence-electron chi connectivity index (χ1n) is 11.9. The number of thioether (sulfide) groups is 2. The van der Waals surface area contributed by atoms with Crippen molar-refractivity contribution in [3.05, 3.63) is 58.7 Å². The van der Waals surface area contributed by atoms with Crippen LogP contribution in [0.25, 0.3) is 0 Å². The first kappa shape index (κ1) is 23.3. The van der Waals surface area contributed by atoms with Crippen molar-refractivity contribution in [3.8, 4) is 0 Å². The van der Waals surface area contributed by atoms with Crippen molar-refractivity contribution in [2.75, 3.05) is 5.08 Å². The Bertz CT molecular complexity index is 899. The Kier molecular flexibility index (Phi) is 5.92. The molecule has 0 heterocycles. The molecule has 0 radical (unpaired) electrons. The first-order valence-corrected chi connectivity index (χ1v) is 13.8. The molecule has 168 valence electrons. The fourth-order valence-electron chi connectivity index (χ4n) is 5.48. The van der Waals surface area contributed by atoms with Crippen molar-refractivity contribution in [1.82, 2.24) is 0 Å². The highest BCUT2D eigenvalue weighted by molar-refractivity contribution is 8.16. The van der Waals surface area contributed by atoms with Crippen molar-refractivity contribution < 1.29 is 0 Å². The fraction of sp³-hybridized carbons (Fsp3) is 0.586. The van der Waals surface area contributed by atoms with Crippen LogP contribution in [0.15, 0.2) is 46.2 Å². The standard InChI is InChI=1S/C29H40S2/c1-26(2)13-15-28(5,6)24-17-20(9-11-22(24)26)30-19-31-21-10-12-23-25(18-21)29(7,8)16-14-27(23,3)4/h9-12,17-18H,13-16,19H2,1-8H3. The summed E-state index contributed by atoms with van der Waals surface area (Å²) >= 11 is 3.98. The van der Waals surface area contributed by atoms with Gasteiger partial charge >= 0.3 is 0 Å². The number of rotatable bonds is 4. The Balaban J connectivity index is 1.50. The largest absolute Gasteiger partial charge is 0.115 e. The molecule has 0 aromatic heterocycles. The van der Waals surface area contributed by atoms with Crippen LogP contribution in [0, 0.1) is 0 Å². The molecule has 0 N–H and O–H groups in total. The molecule has 2 aromatic carbocycles. The van der Waals surface area contributed by atoms with Crippen LogP contribution < -0.4 is 0 Å². The third-order valence-electron chi connectivity index (χ3n) is 8.10. The van der Waals surface area contributed by atoms with E-state index in [1.54, 1.807) is 22.3 Å². The topological polar surface area (TPSA) is 0 Å². The van der Waals surface area contributed by atoms with Gasteiger partial charge < -0.3 is 0 Å². The van der Waals surface area contributed by atoms with E-state index in [0.29, 0.717) is 10.8 Å². The van der Waals surface area contributed by atoms with Crippen molar-refractivity contribution in [1.29, 1.82) is 0 Å². The first-order chi connectivity index (χ1) is 14.3. The minimum Gasteiger partial charge on any atom is -0.115 e. The van der Waals surface area contributed by atoms with Crippen LogP contribution in [-0.2, 0) is 21.7 Å². The number of hydrogen-bond acceptors (Lipinski definition) is 2. The average Bonchev–Trinajstić information content (AvgIpc) is 2.69. The Morgan fingerprint density at radius 2 is 0.839 bits per heavy atom. The summed E-state index contributed by atoms with van der Waals surface area (Å²) in [6, 6.07) is 14.5. The summed E-state index contributed by atoms with van der Waals surface area (Å²) in [7, 11) is 0. The summed E-state index contributed by atoms with van der Waals surface area (Å²) in [5, 5.41) is 1.06. The molecular weight excluding hydrogens is 412 g/mol. The normalized spacial score (nSPS) is 22.5. The fourth-order valence-corrected chi connectivity index (χ4v) is 7.54. The van der Waals surface area contributed by atoms with Crippen LogP contribution in [0.5, 0.6) is 0 Å². The third-order valence-corrected chi connectivity index (χ3v) is 10.2. The second-order valence-corrected chi connectivity index (χ2v) is 14.8. The predicted molar refractivity (Wildman–Crippen MR) is 140 cm³/mol. The van der Waals surface area contributed by atoms with Gasteiger partial charge in [-0.25, -0.2) is 0 Å². The number of fused-ring (bicyclic) bond motifs is 2. The predicted octanol–water partition coefficient (Wildman–Crippen LogP) is 9.23. The summed E-state index contributed by atoms with van der Waals surface area (Å²) in [6.45, 7) is 19.3. The van der Waals surface area contributed by atoms with Crippen LogP contribution in [0.3, 0.4) is 0 Å². The molecule has 0 saturated heterocycles. The zero-order chi connectivity index (χ0) is 22.7. The zero-order valence-electron chi connectivity index (χ0n) is 20.8. The molecule has 0 unspecified atom stereocenters. The highest BCUT2D eigenvalue weighted by atomic mass is 32.2. The van der Waals surface area contributed by atoms with Gasteiger partial charge in [0.1, 0.15) is 0 Å². The molecule has 0 aliphatic heterocycles. The minimum atomic E-state index is 0.283. The molecule has 0 fully saturated rings. The average molecular weight is 453 g/mol. The Hall–Kier alpha value is -0.860. The van der Waals surface area contributed by atoms with Gasteiger partial charge in [-0.15, -0.1) is 23.5 Å². The summed E-state index contributed by atoms with van der Waals surface area (Å²) < 4.78 is 0. The van der Waals surface area contributed by atoms with Gasteiger partial charge in [0.25, 0.3) is 0 Å². The number of benzene rings is 2. The maximum absolute atomic E-state index is 2.49. The van der Waals surface area contributed by atoms with Crippen molar-refractivity contribution in [3.63, 3.8) is 0 Å². The van der Waals surface area contributed by atoms with E-state index in [9.17, 15) is 0 Å². The summed E-state index contributed by atoms with van der Waals surface area (Å²) in [5.74, 6) is 0. The van der Waals surface area contributed by atoms with Crippen LogP contribution in [0.1, 0.15) is 103 Å². The molecule has 0 bridgehead atoms. The Morgan fingerprint density at radius 3 is 1.19 bits per heavy atom. The van der Waals surface area contributed by atoms with Crippen molar-refractivity contribution >= 4 is 23.5 Å². The second-order valence-electron chi connectivity index (χ2n) is 12.4. The maximum atomic E-state index is 2.49. The van der Waals surface area contributed by atoms with E-state index in [1.165, 1.54) is 35.5 Å². The van der Waals surface area contributed by atoms with Crippen LogP contribution >= 0.6 is 23.5 Å². The molecule has 0 saturated carbocycles. The van der Waals surface area contributed by atoms with Gasteiger partial charge in [0.2, 0.25) is 0 Å². The van der Waals surface area contributed by atoms with Crippen molar-refractivity contribution in [2.45, 2.75) is 113 Å². The monoisotopic (exact) mass is 452 g/mol. The molecule has 2 aliphatic carbocycles. The van der Waals surface area contributed by atoms with Gasteiger partial charge in [-0.1, -0.05) is 67.5 Å². The van der Waals surface area contributed by atoms with Crippen LogP contribution in [0.4, 0.5) is 0 Å². The lowest BCUT2D eigenvalue weighted by atomic mass is 9.63. The number of hydrogen-bond donors (Lipinski definition) is 0. The van der Waals surface area contributed by atoms with Crippen molar-refractivity contribution in [2.24, 2.45) is 0 Å². The molecular formula is C29H40S2. The van der Waals surface area contributed by atoms with Crippen LogP contribution in [0.2, 0.25) is 0 Å². The molecule has 0 amide bonds. The SMILES string of the molecule is CC1(C)CCC(C)(C)c2cc(SCSc3ccc4c(c3)C(C)(C)CCC4(C)C)ccc21. The van der Waals surface area contributed by atoms with E-state index < -0.39 is 0 Å². The van der Waals surface area contributed by atoms with Gasteiger partial charge in [-0.2, -0.15) is 0 Å². The molecule has 0 spiro atoms. The van der Waals surface area contributed by atoms with E-state index in [4.69, 9.17) is 0 Å². The lowest BCUT2D eigenvalue weighted by Gasteiger charge is -2.42. The van der Waals surface area contributed by atoms with Gasteiger partial charge in [-0.05, 0) is 93.9 Å². The summed E-state index contributed by atoms with van der Waals surface area (Å²) in [6.07, 6.45) is 5.11. The zero-order valence-corrected chi connectivity index (χ0v) is 22.4. The third kappa shape index (κ3) is 4.49. The van der Waals surface area contributed by atoms with E-state index in [-0.39, 0.29) is 10.8 Å². The Labute approximate surface area is 199 Å². The van der Waals surface area contributed by atoms with Gasteiger partial charge in [-0.3, -0.25) is 0 Å². The molecule has 31 heavy (non-hydrogen) atoms. The highest BCUT2D eigenvalue weighted by Gasteiger charge is 2.38. The lowest BCUT2D eigenvalue weighted by Crippen LogP contribution is -2.33. The van der Waals surface area contributed by atoms with E-state index in [0.717, 1.165) is 5.08 Å². The molecule has 4 rings (SSSR count). The molecule has 0 atom stereocenters. The maximum Gasteiger partial charge on any atom is 0.0486 e. The van der Waals surface area contributed by atoms with Gasteiger partial charge in [0, 0.05) is 14.9 Å². The Morgan fingerprint density at radius 1 is 0.516 bits per heavy atom. The molecule has 2 aromatic rings. The summed E-state index contributed by atoms with van der Waals surface area (Å²) in [5.41, 5.74) is 7.41. The molecule has 0 nitrogen and oxygen atoms in total. The smallest absolute Gasteiger partial charge is 0.0486 e. The quantitative estimate of drug-likeness (QED) is 0.335. The minimum absolute atomic E-state index is 0.283. The van der Waals surface area contributed by atoms with E-state index in [2.05, 4.69) is 91.8 Å². The highest BCUT2D eigenvalue weighted by Crippen LogP contribution is 2.48. The van der Waals surface area contributed by atoms with Crippen LogP contribution in [-0.4, -0.2) is 5.08 Å². The molecule has 2 heteroatoms. The second kappa shape index (κ2) is 7.87. The molecule has 2 aliphatic rings. The van der Waals surface area contributed by atoms with E-state index in [1.807, 2.05) is 23.5 Å². The summed E-state index contributed by atoms with van der Waals surface area (Å²) in [4.78, 5) is 2.83. The lowest BCUT2D eigenvalue weighted by molar-refractivity contribution is 0.331. The van der Waals surface area contributed by atoms with Gasteiger partial charge in [0.15, 0.2) is 0 Å². The van der Waals surface area contributed by atoms with Gasteiger partial charge in [0.05, 0.1) is 0 Å².